The standard InChI is InChI=1S/C27H24O6/c1-29-22-9-5-6-10-23(22)33-27(28)14-20-13-19(12-11-18-7-3-2-4-8-18)21-15-25-26(31-17-30-25)16-24(21)32-20/h2-10,14-16,19H,11-13,17H2,1H3/b20-14+/t19-/m0/s1. The molecule has 0 bridgehead atoms. The Labute approximate surface area is 192 Å². The molecule has 0 unspecified atom stereocenters. The van der Waals surface area contributed by atoms with Crippen LogP contribution in [-0.4, -0.2) is 19.9 Å². The summed E-state index contributed by atoms with van der Waals surface area (Å²) >= 11 is 0. The number of esters is 1. The summed E-state index contributed by atoms with van der Waals surface area (Å²) in [6.45, 7) is 0.195. The van der Waals surface area contributed by atoms with E-state index in [0.29, 0.717) is 35.2 Å². The Kier molecular flexibility index (Phi) is 5.89. The number of para-hydroxylation sites is 2. The third kappa shape index (κ3) is 4.65. The van der Waals surface area contributed by atoms with E-state index in [4.69, 9.17) is 23.7 Å². The predicted octanol–water partition coefficient (Wildman–Crippen LogP) is 5.41. The molecule has 6 nitrogen and oxygen atoms in total. The molecule has 0 aromatic heterocycles. The van der Waals surface area contributed by atoms with E-state index in [1.54, 1.807) is 18.2 Å². The summed E-state index contributed by atoms with van der Waals surface area (Å²) in [5.41, 5.74) is 2.33. The second-order valence-electron chi connectivity index (χ2n) is 7.95. The Balaban J connectivity index is 1.39. The number of fused-ring (bicyclic) bond motifs is 2. The summed E-state index contributed by atoms with van der Waals surface area (Å²) in [4.78, 5) is 12.7. The summed E-state index contributed by atoms with van der Waals surface area (Å²) in [5.74, 6) is 3.11. The SMILES string of the molecule is COc1ccccc1OC(=O)/C=C1\C[C@H](CCc2ccccc2)c2cc3c(cc2O1)OCO3. The highest BCUT2D eigenvalue weighted by atomic mass is 16.7. The maximum atomic E-state index is 12.7. The fourth-order valence-corrected chi connectivity index (χ4v) is 4.19. The average molecular weight is 444 g/mol. The van der Waals surface area contributed by atoms with Crippen LogP contribution in [0.4, 0.5) is 0 Å². The number of carbonyl (C=O) groups is 1. The van der Waals surface area contributed by atoms with Gasteiger partial charge in [-0.2, -0.15) is 0 Å². The number of hydrogen-bond acceptors (Lipinski definition) is 6. The van der Waals surface area contributed by atoms with Gasteiger partial charge in [0.15, 0.2) is 23.0 Å². The van der Waals surface area contributed by atoms with Crippen LogP contribution in [0.25, 0.3) is 0 Å². The number of hydrogen-bond donors (Lipinski definition) is 0. The molecule has 0 saturated carbocycles. The lowest BCUT2D eigenvalue weighted by Gasteiger charge is -2.28. The van der Waals surface area contributed by atoms with Gasteiger partial charge in [0, 0.05) is 18.1 Å². The van der Waals surface area contributed by atoms with Gasteiger partial charge in [0.1, 0.15) is 11.5 Å². The molecule has 0 N–H and O–H groups in total. The maximum Gasteiger partial charge on any atom is 0.339 e. The van der Waals surface area contributed by atoms with Crippen molar-refractivity contribution in [2.75, 3.05) is 13.9 Å². The highest BCUT2D eigenvalue weighted by Crippen LogP contribution is 2.47. The van der Waals surface area contributed by atoms with E-state index >= 15 is 0 Å². The van der Waals surface area contributed by atoms with Crippen LogP contribution in [0.3, 0.4) is 0 Å². The number of benzene rings is 3. The molecule has 33 heavy (non-hydrogen) atoms. The lowest BCUT2D eigenvalue weighted by atomic mass is 9.86. The minimum Gasteiger partial charge on any atom is -0.493 e. The summed E-state index contributed by atoms with van der Waals surface area (Å²) < 4.78 is 28.0. The number of aryl methyl sites for hydroxylation is 1. The molecule has 3 aromatic carbocycles. The molecule has 0 fully saturated rings. The Morgan fingerprint density at radius 3 is 2.48 bits per heavy atom. The molecule has 2 heterocycles. The highest BCUT2D eigenvalue weighted by Gasteiger charge is 2.29. The Morgan fingerprint density at radius 2 is 1.70 bits per heavy atom. The van der Waals surface area contributed by atoms with E-state index < -0.39 is 5.97 Å². The van der Waals surface area contributed by atoms with E-state index in [1.165, 1.54) is 18.7 Å². The topological polar surface area (TPSA) is 63.2 Å². The van der Waals surface area contributed by atoms with Crippen LogP contribution in [-0.2, 0) is 11.2 Å². The first-order valence-electron chi connectivity index (χ1n) is 10.9. The molecular formula is C27H24O6. The van der Waals surface area contributed by atoms with Crippen molar-refractivity contribution >= 4 is 5.97 Å². The molecule has 168 valence electrons. The van der Waals surface area contributed by atoms with Gasteiger partial charge in [-0.05, 0) is 42.5 Å². The van der Waals surface area contributed by atoms with Crippen molar-refractivity contribution in [3.63, 3.8) is 0 Å². The van der Waals surface area contributed by atoms with Crippen LogP contribution < -0.4 is 23.7 Å². The van der Waals surface area contributed by atoms with E-state index in [1.807, 2.05) is 36.4 Å². The first kappa shape index (κ1) is 20.9. The summed E-state index contributed by atoms with van der Waals surface area (Å²) in [7, 11) is 1.54. The Bertz CT molecular complexity index is 1180. The van der Waals surface area contributed by atoms with Crippen LogP contribution in [0.5, 0.6) is 28.7 Å². The smallest absolute Gasteiger partial charge is 0.339 e. The summed E-state index contributed by atoms with van der Waals surface area (Å²) in [6, 6.07) is 21.2. The van der Waals surface area contributed by atoms with Crippen LogP contribution in [0.15, 0.2) is 78.6 Å². The zero-order valence-corrected chi connectivity index (χ0v) is 18.3. The van der Waals surface area contributed by atoms with Gasteiger partial charge in [0.2, 0.25) is 6.79 Å². The van der Waals surface area contributed by atoms with Gasteiger partial charge in [0.25, 0.3) is 0 Å². The van der Waals surface area contributed by atoms with Gasteiger partial charge < -0.3 is 23.7 Å². The lowest BCUT2D eigenvalue weighted by molar-refractivity contribution is -0.129. The number of allylic oxidation sites excluding steroid dienone is 1. The molecule has 2 aliphatic heterocycles. The zero-order valence-electron chi connectivity index (χ0n) is 18.3. The van der Waals surface area contributed by atoms with Crippen molar-refractivity contribution in [2.24, 2.45) is 0 Å². The summed E-state index contributed by atoms with van der Waals surface area (Å²) in [6.07, 6.45) is 3.81. The lowest BCUT2D eigenvalue weighted by Crippen LogP contribution is -2.16. The van der Waals surface area contributed by atoms with E-state index in [-0.39, 0.29) is 12.7 Å². The van der Waals surface area contributed by atoms with Gasteiger partial charge in [-0.3, -0.25) is 0 Å². The average Bonchev–Trinajstić information content (AvgIpc) is 3.29. The van der Waals surface area contributed by atoms with Crippen molar-refractivity contribution in [1.29, 1.82) is 0 Å². The number of carbonyl (C=O) groups excluding carboxylic acids is 1. The molecule has 0 amide bonds. The number of methoxy groups -OCH3 is 1. The Morgan fingerprint density at radius 1 is 0.970 bits per heavy atom. The van der Waals surface area contributed by atoms with Gasteiger partial charge in [-0.25, -0.2) is 4.79 Å². The molecule has 0 spiro atoms. The van der Waals surface area contributed by atoms with E-state index in [0.717, 1.165) is 24.2 Å². The maximum absolute atomic E-state index is 12.7. The molecule has 0 saturated heterocycles. The normalized spacial score (nSPS) is 17.2. The molecule has 3 aromatic rings. The molecule has 0 aliphatic carbocycles. The van der Waals surface area contributed by atoms with Gasteiger partial charge in [0.05, 0.1) is 13.2 Å². The quantitative estimate of drug-likeness (QED) is 0.288. The van der Waals surface area contributed by atoms with Gasteiger partial charge in [-0.1, -0.05) is 42.5 Å². The third-order valence-corrected chi connectivity index (χ3v) is 5.82. The van der Waals surface area contributed by atoms with Crippen molar-refractivity contribution < 1.29 is 28.5 Å². The van der Waals surface area contributed by atoms with E-state index in [9.17, 15) is 4.79 Å². The highest BCUT2D eigenvalue weighted by molar-refractivity contribution is 5.85. The largest absolute Gasteiger partial charge is 0.493 e. The third-order valence-electron chi connectivity index (χ3n) is 5.82. The molecule has 2 aliphatic rings. The van der Waals surface area contributed by atoms with Crippen LogP contribution in [0.1, 0.15) is 29.9 Å². The molecule has 5 rings (SSSR count). The first-order valence-corrected chi connectivity index (χ1v) is 10.9. The van der Waals surface area contributed by atoms with E-state index in [2.05, 4.69) is 12.1 Å². The second kappa shape index (κ2) is 9.28. The fraction of sp³-hybridized carbons (Fsp3) is 0.222. The van der Waals surface area contributed by atoms with Crippen molar-refractivity contribution in [3.8, 4) is 28.7 Å². The van der Waals surface area contributed by atoms with Crippen LogP contribution >= 0.6 is 0 Å². The molecule has 0 radical (unpaired) electrons. The Hall–Kier alpha value is -3.93. The molecule has 6 heteroatoms. The summed E-state index contributed by atoms with van der Waals surface area (Å²) in [5, 5.41) is 0. The minimum absolute atomic E-state index is 0.161. The monoisotopic (exact) mass is 444 g/mol. The number of rotatable bonds is 6. The van der Waals surface area contributed by atoms with Crippen LogP contribution in [0, 0.1) is 0 Å². The van der Waals surface area contributed by atoms with Gasteiger partial charge in [-0.15, -0.1) is 0 Å². The van der Waals surface area contributed by atoms with Crippen molar-refractivity contribution in [3.05, 3.63) is 89.7 Å². The molecular weight excluding hydrogens is 420 g/mol. The first-order chi connectivity index (χ1) is 16.2. The number of ether oxygens (including phenoxy) is 5. The van der Waals surface area contributed by atoms with Crippen molar-refractivity contribution in [2.45, 2.75) is 25.2 Å². The van der Waals surface area contributed by atoms with Gasteiger partial charge >= 0.3 is 5.97 Å². The zero-order chi connectivity index (χ0) is 22.6. The van der Waals surface area contributed by atoms with Crippen molar-refractivity contribution in [1.82, 2.24) is 0 Å². The van der Waals surface area contributed by atoms with Crippen LogP contribution in [0.2, 0.25) is 0 Å². The second-order valence-corrected chi connectivity index (χ2v) is 7.95. The molecule has 1 atom stereocenters. The fourth-order valence-electron chi connectivity index (χ4n) is 4.19. The minimum atomic E-state index is -0.513. The predicted molar refractivity (Wildman–Crippen MR) is 122 cm³/mol.